The van der Waals surface area contributed by atoms with Crippen LogP contribution in [0.15, 0.2) is 22.7 Å². The van der Waals surface area contributed by atoms with Crippen LogP contribution in [0, 0.1) is 5.82 Å². The minimum Gasteiger partial charge on any atom is -0.295 e. The van der Waals surface area contributed by atoms with Gasteiger partial charge in [0.2, 0.25) is 0 Å². The Morgan fingerprint density at radius 1 is 1.28 bits per heavy atom. The van der Waals surface area contributed by atoms with Gasteiger partial charge in [0.25, 0.3) is 0 Å². The van der Waals surface area contributed by atoms with Crippen LogP contribution in [-0.4, -0.2) is 22.8 Å². The molecule has 1 aliphatic heterocycles. The second kappa shape index (κ2) is 7.01. The average Bonchev–Trinajstić information content (AvgIpc) is 2.60. The second-order valence-corrected chi connectivity index (χ2v) is 6.28. The van der Waals surface area contributed by atoms with Crippen molar-refractivity contribution >= 4 is 31.9 Å². The number of halogens is 3. The third-order valence-corrected chi connectivity index (χ3v) is 5.22. The molecule has 1 aromatic carbocycles. The summed E-state index contributed by atoms with van der Waals surface area (Å²) in [6, 6.07) is 5.86. The summed E-state index contributed by atoms with van der Waals surface area (Å²) in [5.41, 5.74) is 1.04. The summed E-state index contributed by atoms with van der Waals surface area (Å²) in [6.45, 7) is 1.94. The molecule has 4 heteroatoms. The topological polar surface area (TPSA) is 3.24 Å². The third kappa shape index (κ3) is 3.55. The molecule has 1 saturated heterocycles. The van der Waals surface area contributed by atoms with Gasteiger partial charge in [-0.3, -0.25) is 4.90 Å². The highest BCUT2D eigenvalue weighted by molar-refractivity contribution is 9.10. The molecular formula is C14H18Br2FN. The summed E-state index contributed by atoms with van der Waals surface area (Å²) < 4.78 is 14.1. The van der Waals surface area contributed by atoms with Crippen molar-refractivity contribution in [2.45, 2.75) is 38.3 Å². The Morgan fingerprint density at radius 2 is 2.11 bits per heavy atom. The molecule has 0 aromatic heterocycles. The summed E-state index contributed by atoms with van der Waals surface area (Å²) in [7, 11) is 0. The zero-order chi connectivity index (χ0) is 13.0. The predicted octanol–water partition coefficient (Wildman–Crippen LogP) is 4.73. The molecule has 0 saturated carbocycles. The van der Waals surface area contributed by atoms with Crippen molar-refractivity contribution in [3.8, 4) is 0 Å². The first-order chi connectivity index (χ1) is 8.72. The largest absolute Gasteiger partial charge is 0.295 e. The monoisotopic (exact) mass is 377 g/mol. The fourth-order valence-corrected chi connectivity index (χ4v) is 3.63. The Bertz CT molecular complexity index is 397. The molecular weight excluding hydrogens is 361 g/mol. The van der Waals surface area contributed by atoms with Crippen molar-refractivity contribution in [3.05, 3.63) is 34.1 Å². The fourth-order valence-electron chi connectivity index (χ4n) is 2.51. The molecule has 0 N–H and O–H groups in total. The van der Waals surface area contributed by atoms with Gasteiger partial charge in [0.05, 0.1) is 4.47 Å². The van der Waals surface area contributed by atoms with Crippen LogP contribution in [0.3, 0.4) is 0 Å². The molecule has 1 aliphatic rings. The van der Waals surface area contributed by atoms with E-state index in [-0.39, 0.29) is 5.82 Å². The van der Waals surface area contributed by atoms with Gasteiger partial charge in [-0.25, -0.2) is 4.39 Å². The maximum absolute atomic E-state index is 13.5. The summed E-state index contributed by atoms with van der Waals surface area (Å²) >= 11 is 6.96. The van der Waals surface area contributed by atoms with Gasteiger partial charge < -0.3 is 0 Å². The molecule has 1 aromatic rings. The summed E-state index contributed by atoms with van der Waals surface area (Å²) in [5, 5.41) is 1.000. The molecule has 18 heavy (non-hydrogen) atoms. The Kier molecular flexibility index (Phi) is 5.64. The maximum atomic E-state index is 13.5. The highest BCUT2D eigenvalue weighted by Crippen LogP contribution is 2.25. The van der Waals surface area contributed by atoms with Crippen molar-refractivity contribution in [3.63, 3.8) is 0 Å². The number of nitrogens with zero attached hydrogens (tertiary/aromatic N) is 1. The quantitative estimate of drug-likeness (QED) is 0.687. The zero-order valence-corrected chi connectivity index (χ0v) is 13.5. The van der Waals surface area contributed by atoms with Gasteiger partial charge in [-0.2, -0.15) is 0 Å². The summed E-state index contributed by atoms with van der Waals surface area (Å²) in [6.07, 6.45) is 5.09. The van der Waals surface area contributed by atoms with E-state index in [4.69, 9.17) is 0 Å². The van der Waals surface area contributed by atoms with Gasteiger partial charge in [-0.1, -0.05) is 40.9 Å². The maximum Gasteiger partial charge on any atom is 0.137 e. The molecule has 0 spiro atoms. The zero-order valence-electron chi connectivity index (χ0n) is 10.3. The van der Waals surface area contributed by atoms with Gasteiger partial charge in [-0.05, 0) is 46.9 Å². The number of benzene rings is 1. The van der Waals surface area contributed by atoms with Crippen molar-refractivity contribution in [1.82, 2.24) is 4.90 Å². The third-order valence-electron chi connectivity index (χ3n) is 3.58. The van der Waals surface area contributed by atoms with E-state index in [1.165, 1.54) is 31.7 Å². The number of hydrogen-bond acceptors (Lipinski definition) is 1. The molecule has 1 heterocycles. The van der Waals surface area contributed by atoms with Gasteiger partial charge in [-0.15, -0.1) is 0 Å². The minimum absolute atomic E-state index is 0.169. The van der Waals surface area contributed by atoms with Crippen LogP contribution in [0.5, 0.6) is 0 Å². The smallest absolute Gasteiger partial charge is 0.137 e. The van der Waals surface area contributed by atoms with E-state index in [0.29, 0.717) is 10.5 Å². The first-order valence-electron chi connectivity index (χ1n) is 6.45. The standard InChI is InChI=1S/C14H18Br2FN/c15-9-12-6-2-1-3-8-18(12)10-11-5-4-7-13(17)14(11)16/h4-5,7,12H,1-3,6,8-10H2. The first-order valence-corrected chi connectivity index (χ1v) is 8.36. The van der Waals surface area contributed by atoms with Gasteiger partial charge in [0, 0.05) is 17.9 Å². The lowest BCUT2D eigenvalue weighted by atomic mass is 10.1. The number of hydrogen-bond donors (Lipinski definition) is 0. The lowest BCUT2D eigenvalue weighted by molar-refractivity contribution is 0.208. The Labute approximate surface area is 125 Å². The van der Waals surface area contributed by atoms with Crippen LogP contribution >= 0.6 is 31.9 Å². The molecule has 100 valence electrons. The van der Waals surface area contributed by atoms with E-state index in [1.807, 2.05) is 6.07 Å². The Morgan fingerprint density at radius 3 is 2.89 bits per heavy atom. The lowest BCUT2D eigenvalue weighted by Gasteiger charge is -2.29. The molecule has 1 nitrogen and oxygen atoms in total. The number of likely N-dealkylation sites (tertiary alicyclic amines) is 1. The van der Waals surface area contributed by atoms with Crippen LogP contribution in [0.2, 0.25) is 0 Å². The van der Waals surface area contributed by atoms with Gasteiger partial charge in [0.1, 0.15) is 5.82 Å². The van der Waals surface area contributed by atoms with E-state index < -0.39 is 0 Å². The first kappa shape index (κ1) is 14.5. The molecule has 2 rings (SSSR count). The number of rotatable bonds is 3. The van der Waals surface area contributed by atoms with Crippen molar-refractivity contribution in [2.75, 3.05) is 11.9 Å². The van der Waals surface area contributed by atoms with Crippen LogP contribution in [0.1, 0.15) is 31.2 Å². The molecule has 0 bridgehead atoms. The molecule has 0 radical (unpaired) electrons. The van der Waals surface area contributed by atoms with E-state index >= 15 is 0 Å². The van der Waals surface area contributed by atoms with Gasteiger partial charge >= 0.3 is 0 Å². The van der Waals surface area contributed by atoms with Crippen molar-refractivity contribution in [2.24, 2.45) is 0 Å². The second-order valence-electron chi connectivity index (χ2n) is 4.84. The fraction of sp³-hybridized carbons (Fsp3) is 0.571. The van der Waals surface area contributed by atoms with E-state index in [2.05, 4.69) is 36.8 Å². The minimum atomic E-state index is -0.169. The van der Waals surface area contributed by atoms with Crippen molar-refractivity contribution in [1.29, 1.82) is 0 Å². The van der Waals surface area contributed by atoms with E-state index in [0.717, 1.165) is 24.0 Å². The van der Waals surface area contributed by atoms with Crippen molar-refractivity contribution < 1.29 is 4.39 Å². The average molecular weight is 379 g/mol. The van der Waals surface area contributed by atoms with Crippen LogP contribution in [0.25, 0.3) is 0 Å². The van der Waals surface area contributed by atoms with E-state index in [9.17, 15) is 4.39 Å². The normalized spacial score (nSPS) is 21.8. The summed E-state index contributed by atoms with van der Waals surface area (Å²) in [5.74, 6) is -0.169. The van der Waals surface area contributed by atoms with Gasteiger partial charge in [0.15, 0.2) is 0 Å². The predicted molar refractivity (Wildman–Crippen MR) is 80.6 cm³/mol. The molecule has 1 unspecified atom stereocenters. The number of alkyl halides is 1. The summed E-state index contributed by atoms with van der Waals surface area (Å²) in [4.78, 5) is 2.47. The van der Waals surface area contributed by atoms with E-state index in [1.54, 1.807) is 6.07 Å². The van der Waals surface area contributed by atoms with Crippen LogP contribution in [0.4, 0.5) is 4.39 Å². The molecule has 0 aliphatic carbocycles. The SMILES string of the molecule is Fc1cccc(CN2CCCCCC2CBr)c1Br. The molecule has 1 fully saturated rings. The molecule has 0 amide bonds. The Hall–Kier alpha value is 0.0700. The lowest BCUT2D eigenvalue weighted by Crippen LogP contribution is -2.35. The van der Waals surface area contributed by atoms with Crippen LogP contribution in [-0.2, 0) is 6.54 Å². The Balaban J connectivity index is 2.12. The highest BCUT2D eigenvalue weighted by Gasteiger charge is 2.21. The molecule has 1 atom stereocenters. The highest BCUT2D eigenvalue weighted by atomic mass is 79.9. The van der Waals surface area contributed by atoms with Crippen LogP contribution < -0.4 is 0 Å².